The molecular weight excluding hydrogens is 194 g/mol. The van der Waals surface area contributed by atoms with Crippen molar-refractivity contribution in [3.05, 3.63) is 11.8 Å². The summed E-state index contributed by atoms with van der Waals surface area (Å²) < 4.78 is 0. The van der Waals surface area contributed by atoms with E-state index in [4.69, 9.17) is 5.11 Å². The van der Waals surface area contributed by atoms with Gasteiger partial charge in [0.05, 0.1) is 5.57 Å². The molecule has 1 rings (SSSR count). The van der Waals surface area contributed by atoms with Crippen LogP contribution in [0.15, 0.2) is 11.8 Å². The summed E-state index contributed by atoms with van der Waals surface area (Å²) in [6.45, 7) is 6.35. The Labute approximate surface area is 89.6 Å². The number of hydrogen-bond donors (Lipinski definition) is 1. The first-order chi connectivity index (χ1) is 6.91. The first kappa shape index (κ1) is 11.8. The summed E-state index contributed by atoms with van der Waals surface area (Å²) in [4.78, 5) is 24.0. The molecule has 4 nitrogen and oxygen atoms in total. The highest BCUT2D eigenvalue weighted by Gasteiger charge is 2.28. The third kappa shape index (κ3) is 2.81. The summed E-state index contributed by atoms with van der Waals surface area (Å²) in [5.41, 5.74) is 0.329. The molecule has 1 N–H and O–H groups in total. The van der Waals surface area contributed by atoms with Crippen LogP contribution in [0.1, 0.15) is 27.2 Å². The standard InChI is InChI=1S/C11H17NO3/c1-7(2)5-12-6-9(11(14)15)8(3)4-10(12)13/h6-8H,4-5H2,1-3H3,(H,14,15). The third-order valence-corrected chi connectivity index (χ3v) is 2.44. The van der Waals surface area contributed by atoms with E-state index in [0.29, 0.717) is 24.5 Å². The van der Waals surface area contributed by atoms with Gasteiger partial charge in [0, 0.05) is 19.2 Å². The Bertz CT molecular complexity index is 307. The van der Waals surface area contributed by atoms with E-state index < -0.39 is 5.97 Å². The Morgan fingerprint density at radius 1 is 1.67 bits per heavy atom. The van der Waals surface area contributed by atoms with E-state index in [9.17, 15) is 9.59 Å². The lowest BCUT2D eigenvalue weighted by molar-refractivity contribution is -0.135. The Kier molecular flexibility index (Phi) is 3.50. The van der Waals surface area contributed by atoms with E-state index >= 15 is 0 Å². The van der Waals surface area contributed by atoms with Gasteiger partial charge >= 0.3 is 5.97 Å². The van der Waals surface area contributed by atoms with Crippen LogP contribution < -0.4 is 0 Å². The first-order valence-corrected chi connectivity index (χ1v) is 5.16. The van der Waals surface area contributed by atoms with Gasteiger partial charge in [-0.25, -0.2) is 4.79 Å². The van der Waals surface area contributed by atoms with Gasteiger partial charge in [0.1, 0.15) is 0 Å². The predicted molar refractivity (Wildman–Crippen MR) is 56.1 cm³/mol. The second-order valence-corrected chi connectivity index (χ2v) is 4.43. The second-order valence-electron chi connectivity index (χ2n) is 4.43. The SMILES string of the molecule is CC(C)CN1C=C(C(=O)O)C(C)CC1=O. The summed E-state index contributed by atoms with van der Waals surface area (Å²) in [6.07, 6.45) is 1.78. The van der Waals surface area contributed by atoms with Crippen LogP contribution >= 0.6 is 0 Å². The van der Waals surface area contributed by atoms with Gasteiger partial charge in [-0.15, -0.1) is 0 Å². The molecule has 0 bridgehead atoms. The van der Waals surface area contributed by atoms with Crippen molar-refractivity contribution in [2.24, 2.45) is 11.8 Å². The highest BCUT2D eigenvalue weighted by atomic mass is 16.4. The van der Waals surface area contributed by atoms with Gasteiger partial charge in [0.15, 0.2) is 0 Å². The molecule has 1 unspecified atom stereocenters. The zero-order chi connectivity index (χ0) is 11.6. The summed E-state index contributed by atoms with van der Waals surface area (Å²) in [5.74, 6) is -0.753. The Balaban J connectivity index is 2.87. The Morgan fingerprint density at radius 2 is 2.27 bits per heavy atom. The maximum Gasteiger partial charge on any atom is 0.333 e. The third-order valence-electron chi connectivity index (χ3n) is 2.44. The van der Waals surface area contributed by atoms with Gasteiger partial charge in [-0.05, 0) is 11.8 Å². The zero-order valence-electron chi connectivity index (χ0n) is 9.36. The minimum absolute atomic E-state index is 0.0150. The van der Waals surface area contributed by atoms with E-state index in [0.717, 1.165) is 0 Å². The quantitative estimate of drug-likeness (QED) is 0.769. The topological polar surface area (TPSA) is 57.6 Å². The molecule has 0 spiro atoms. The molecule has 1 aliphatic rings. The molecule has 0 aromatic carbocycles. The molecule has 4 heteroatoms. The molecule has 1 aliphatic heterocycles. The van der Waals surface area contributed by atoms with Crippen LogP contribution in [0.5, 0.6) is 0 Å². The molecule has 0 saturated heterocycles. The maximum absolute atomic E-state index is 11.6. The molecule has 0 aromatic heterocycles. The van der Waals surface area contributed by atoms with E-state index in [2.05, 4.69) is 0 Å². The maximum atomic E-state index is 11.6. The lowest BCUT2D eigenvalue weighted by Gasteiger charge is -2.28. The van der Waals surface area contributed by atoms with Gasteiger partial charge in [-0.1, -0.05) is 20.8 Å². The largest absolute Gasteiger partial charge is 0.478 e. The fourth-order valence-electron chi connectivity index (χ4n) is 1.67. The molecule has 1 amide bonds. The fourth-order valence-corrected chi connectivity index (χ4v) is 1.67. The molecule has 0 aliphatic carbocycles. The number of carbonyl (C=O) groups excluding carboxylic acids is 1. The number of carboxylic acid groups (broad SMARTS) is 1. The zero-order valence-corrected chi connectivity index (χ0v) is 9.36. The van der Waals surface area contributed by atoms with Gasteiger partial charge in [-0.3, -0.25) is 4.79 Å². The number of rotatable bonds is 3. The first-order valence-electron chi connectivity index (χ1n) is 5.16. The second kappa shape index (κ2) is 4.47. The highest BCUT2D eigenvalue weighted by Crippen LogP contribution is 2.23. The summed E-state index contributed by atoms with van der Waals surface area (Å²) in [7, 11) is 0. The van der Waals surface area contributed by atoms with Crippen LogP contribution in [-0.2, 0) is 9.59 Å². The van der Waals surface area contributed by atoms with Crippen molar-refractivity contribution in [2.45, 2.75) is 27.2 Å². The van der Waals surface area contributed by atoms with Crippen LogP contribution in [0, 0.1) is 11.8 Å². The van der Waals surface area contributed by atoms with E-state index in [1.54, 1.807) is 6.92 Å². The van der Waals surface area contributed by atoms with Crippen molar-refractivity contribution in [1.82, 2.24) is 4.90 Å². The summed E-state index contributed by atoms with van der Waals surface area (Å²) in [6, 6.07) is 0. The van der Waals surface area contributed by atoms with E-state index in [1.807, 2.05) is 13.8 Å². The number of carbonyl (C=O) groups is 2. The number of aliphatic carboxylic acids is 1. The van der Waals surface area contributed by atoms with E-state index in [-0.39, 0.29) is 11.8 Å². The van der Waals surface area contributed by atoms with E-state index in [1.165, 1.54) is 11.1 Å². The Morgan fingerprint density at radius 3 is 2.73 bits per heavy atom. The van der Waals surface area contributed by atoms with Crippen LogP contribution in [0.3, 0.4) is 0 Å². The van der Waals surface area contributed by atoms with Crippen molar-refractivity contribution in [3.8, 4) is 0 Å². The smallest absolute Gasteiger partial charge is 0.333 e. The summed E-state index contributed by atoms with van der Waals surface area (Å²) in [5, 5.41) is 8.94. The normalized spacial score (nSPS) is 21.9. The molecule has 1 atom stereocenters. The molecule has 15 heavy (non-hydrogen) atoms. The van der Waals surface area contributed by atoms with Crippen molar-refractivity contribution in [1.29, 1.82) is 0 Å². The summed E-state index contributed by atoms with van der Waals surface area (Å²) >= 11 is 0. The molecule has 84 valence electrons. The van der Waals surface area contributed by atoms with Gasteiger partial charge in [0.25, 0.3) is 0 Å². The minimum Gasteiger partial charge on any atom is -0.478 e. The molecule has 0 fully saturated rings. The Hall–Kier alpha value is -1.32. The number of carboxylic acids is 1. The number of hydrogen-bond acceptors (Lipinski definition) is 2. The lowest BCUT2D eigenvalue weighted by Crippen LogP contribution is -2.36. The predicted octanol–water partition coefficient (Wildman–Crippen LogP) is 1.48. The number of amides is 1. The average Bonchev–Trinajstić information content (AvgIpc) is 2.08. The molecule has 1 heterocycles. The fraction of sp³-hybridized carbons (Fsp3) is 0.636. The highest BCUT2D eigenvalue weighted by molar-refractivity contribution is 5.91. The van der Waals surface area contributed by atoms with Crippen LogP contribution in [0.2, 0.25) is 0 Å². The molecule has 0 saturated carbocycles. The van der Waals surface area contributed by atoms with Gasteiger partial charge in [0.2, 0.25) is 5.91 Å². The minimum atomic E-state index is -0.927. The van der Waals surface area contributed by atoms with Crippen molar-refractivity contribution < 1.29 is 14.7 Å². The lowest BCUT2D eigenvalue weighted by atomic mass is 9.94. The van der Waals surface area contributed by atoms with Crippen LogP contribution in [0.4, 0.5) is 0 Å². The molecule has 0 radical (unpaired) electrons. The van der Waals surface area contributed by atoms with Crippen molar-refractivity contribution >= 4 is 11.9 Å². The van der Waals surface area contributed by atoms with Gasteiger partial charge < -0.3 is 10.0 Å². The van der Waals surface area contributed by atoms with Crippen molar-refractivity contribution in [3.63, 3.8) is 0 Å². The average molecular weight is 211 g/mol. The monoisotopic (exact) mass is 211 g/mol. The molecule has 0 aromatic rings. The van der Waals surface area contributed by atoms with Gasteiger partial charge in [-0.2, -0.15) is 0 Å². The van der Waals surface area contributed by atoms with Crippen LogP contribution in [-0.4, -0.2) is 28.4 Å². The number of nitrogens with zero attached hydrogens (tertiary/aromatic N) is 1. The van der Waals surface area contributed by atoms with Crippen molar-refractivity contribution in [2.75, 3.05) is 6.54 Å². The van der Waals surface area contributed by atoms with Crippen LogP contribution in [0.25, 0.3) is 0 Å². The molecular formula is C11H17NO3.